The van der Waals surface area contributed by atoms with E-state index in [9.17, 15) is 4.79 Å². The standard InChI is InChI=1S/C15H18N4O/c16-9-11-8-14(18-13-5-2-1-4-12(11)13)19-7-3-6-17-15(20)10-19/h1-2,4-5,8H,3,6-7,9-10,16H2,(H,17,20). The lowest BCUT2D eigenvalue weighted by Gasteiger charge is -2.21. The zero-order valence-corrected chi connectivity index (χ0v) is 11.3. The lowest BCUT2D eigenvalue weighted by atomic mass is 10.1. The van der Waals surface area contributed by atoms with Gasteiger partial charge in [0, 0.05) is 25.0 Å². The number of rotatable bonds is 2. The molecule has 5 nitrogen and oxygen atoms in total. The van der Waals surface area contributed by atoms with Crippen LogP contribution in [0.1, 0.15) is 12.0 Å². The number of para-hydroxylation sites is 1. The largest absolute Gasteiger partial charge is 0.354 e. The number of pyridine rings is 1. The molecule has 2 heterocycles. The van der Waals surface area contributed by atoms with Crippen LogP contribution in [0.15, 0.2) is 30.3 Å². The Hall–Kier alpha value is -2.14. The number of nitrogens with zero attached hydrogens (tertiary/aromatic N) is 2. The van der Waals surface area contributed by atoms with Gasteiger partial charge < -0.3 is 16.0 Å². The van der Waals surface area contributed by atoms with E-state index in [2.05, 4.69) is 10.3 Å². The van der Waals surface area contributed by atoms with Crippen LogP contribution in [0.5, 0.6) is 0 Å². The summed E-state index contributed by atoms with van der Waals surface area (Å²) in [5.74, 6) is 0.882. The highest BCUT2D eigenvalue weighted by atomic mass is 16.2. The van der Waals surface area contributed by atoms with Crippen molar-refractivity contribution in [2.75, 3.05) is 24.5 Å². The van der Waals surface area contributed by atoms with Crippen LogP contribution in [-0.2, 0) is 11.3 Å². The highest BCUT2D eigenvalue weighted by Gasteiger charge is 2.17. The molecule has 0 aliphatic carbocycles. The van der Waals surface area contributed by atoms with Crippen molar-refractivity contribution in [2.45, 2.75) is 13.0 Å². The summed E-state index contributed by atoms with van der Waals surface area (Å²) >= 11 is 0. The highest BCUT2D eigenvalue weighted by Crippen LogP contribution is 2.23. The van der Waals surface area contributed by atoms with Gasteiger partial charge in [0.05, 0.1) is 12.1 Å². The fourth-order valence-electron chi connectivity index (χ4n) is 2.56. The lowest BCUT2D eigenvalue weighted by Crippen LogP contribution is -2.33. The van der Waals surface area contributed by atoms with Crippen LogP contribution in [0.25, 0.3) is 10.9 Å². The Bertz CT molecular complexity index is 641. The summed E-state index contributed by atoms with van der Waals surface area (Å²) in [7, 11) is 0. The number of amides is 1. The lowest BCUT2D eigenvalue weighted by molar-refractivity contribution is -0.119. The van der Waals surface area contributed by atoms with Gasteiger partial charge in [-0.3, -0.25) is 4.79 Å². The number of hydrogen-bond donors (Lipinski definition) is 2. The number of nitrogens with one attached hydrogen (secondary N) is 1. The second-order valence-electron chi connectivity index (χ2n) is 4.99. The third-order valence-corrected chi connectivity index (χ3v) is 3.59. The molecule has 104 valence electrons. The first-order valence-electron chi connectivity index (χ1n) is 6.88. The van der Waals surface area contributed by atoms with Gasteiger partial charge in [0.2, 0.25) is 5.91 Å². The second-order valence-corrected chi connectivity index (χ2v) is 4.99. The summed E-state index contributed by atoms with van der Waals surface area (Å²) in [5.41, 5.74) is 7.84. The average Bonchev–Trinajstić information content (AvgIpc) is 2.70. The minimum absolute atomic E-state index is 0.0479. The van der Waals surface area contributed by atoms with Crippen LogP contribution in [0, 0.1) is 0 Å². The zero-order chi connectivity index (χ0) is 13.9. The number of hydrogen-bond acceptors (Lipinski definition) is 4. The molecule has 0 spiro atoms. The molecule has 0 atom stereocenters. The van der Waals surface area contributed by atoms with Gasteiger partial charge in [-0.25, -0.2) is 4.98 Å². The summed E-state index contributed by atoms with van der Waals surface area (Å²) in [4.78, 5) is 18.4. The first kappa shape index (κ1) is 12.9. The molecule has 3 rings (SSSR count). The van der Waals surface area contributed by atoms with Crippen molar-refractivity contribution in [3.05, 3.63) is 35.9 Å². The maximum atomic E-state index is 11.7. The van der Waals surface area contributed by atoms with E-state index in [0.29, 0.717) is 13.1 Å². The molecule has 1 aliphatic rings. The van der Waals surface area contributed by atoms with Crippen molar-refractivity contribution in [3.63, 3.8) is 0 Å². The van der Waals surface area contributed by atoms with E-state index >= 15 is 0 Å². The summed E-state index contributed by atoms with van der Waals surface area (Å²) in [5, 5.41) is 3.96. The zero-order valence-electron chi connectivity index (χ0n) is 11.3. The Kier molecular flexibility index (Phi) is 3.52. The van der Waals surface area contributed by atoms with Crippen LogP contribution in [-0.4, -0.2) is 30.5 Å². The van der Waals surface area contributed by atoms with Gasteiger partial charge in [0.15, 0.2) is 0 Å². The SMILES string of the molecule is NCc1cc(N2CCCNC(=O)C2)nc2ccccc12. The summed E-state index contributed by atoms with van der Waals surface area (Å²) in [6, 6.07) is 9.97. The molecule has 1 aromatic heterocycles. The van der Waals surface area contributed by atoms with Crippen molar-refractivity contribution in [1.29, 1.82) is 0 Å². The Morgan fingerprint density at radius 3 is 3.05 bits per heavy atom. The molecule has 2 aromatic rings. The smallest absolute Gasteiger partial charge is 0.239 e. The predicted molar refractivity (Wildman–Crippen MR) is 79.5 cm³/mol. The molecule has 3 N–H and O–H groups in total. The summed E-state index contributed by atoms with van der Waals surface area (Å²) < 4.78 is 0. The van der Waals surface area contributed by atoms with Crippen molar-refractivity contribution >= 4 is 22.6 Å². The van der Waals surface area contributed by atoms with E-state index < -0.39 is 0 Å². The Morgan fingerprint density at radius 2 is 2.20 bits per heavy atom. The predicted octanol–water partition coefficient (Wildman–Crippen LogP) is 1.02. The van der Waals surface area contributed by atoms with Crippen molar-refractivity contribution in [3.8, 4) is 0 Å². The van der Waals surface area contributed by atoms with Gasteiger partial charge in [0.1, 0.15) is 5.82 Å². The molecule has 5 heteroatoms. The Labute approximate surface area is 117 Å². The molecule has 1 aromatic carbocycles. The average molecular weight is 270 g/mol. The minimum Gasteiger partial charge on any atom is -0.354 e. The molecule has 1 amide bonds. The van der Waals surface area contributed by atoms with Crippen LogP contribution in [0.3, 0.4) is 0 Å². The number of carbonyl (C=O) groups excluding carboxylic acids is 1. The van der Waals surface area contributed by atoms with E-state index in [4.69, 9.17) is 5.73 Å². The van der Waals surface area contributed by atoms with Crippen LogP contribution in [0.4, 0.5) is 5.82 Å². The number of benzene rings is 1. The van der Waals surface area contributed by atoms with Crippen LogP contribution in [0.2, 0.25) is 0 Å². The number of fused-ring (bicyclic) bond motifs is 1. The Balaban J connectivity index is 2.04. The Morgan fingerprint density at radius 1 is 1.35 bits per heavy atom. The maximum Gasteiger partial charge on any atom is 0.239 e. The molecule has 0 saturated carbocycles. The van der Waals surface area contributed by atoms with E-state index in [1.165, 1.54) is 0 Å². The first-order chi connectivity index (χ1) is 9.78. The van der Waals surface area contributed by atoms with Crippen molar-refractivity contribution in [1.82, 2.24) is 10.3 Å². The van der Waals surface area contributed by atoms with Gasteiger partial charge in [0.25, 0.3) is 0 Å². The number of carbonyl (C=O) groups is 1. The van der Waals surface area contributed by atoms with Gasteiger partial charge >= 0.3 is 0 Å². The molecule has 0 bridgehead atoms. The number of aromatic nitrogens is 1. The van der Waals surface area contributed by atoms with Gasteiger partial charge in [-0.2, -0.15) is 0 Å². The molecule has 1 aliphatic heterocycles. The fraction of sp³-hybridized carbons (Fsp3) is 0.333. The monoisotopic (exact) mass is 270 g/mol. The van der Waals surface area contributed by atoms with Gasteiger partial charge in [-0.1, -0.05) is 18.2 Å². The fourth-order valence-corrected chi connectivity index (χ4v) is 2.56. The number of nitrogens with two attached hydrogens (primary N) is 1. The van der Waals surface area contributed by atoms with Gasteiger partial charge in [-0.15, -0.1) is 0 Å². The summed E-state index contributed by atoms with van der Waals surface area (Å²) in [6.45, 7) is 2.38. The van der Waals surface area contributed by atoms with E-state index in [0.717, 1.165) is 41.8 Å². The third-order valence-electron chi connectivity index (χ3n) is 3.59. The highest BCUT2D eigenvalue weighted by molar-refractivity contribution is 5.86. The summed E-state index contributed by atoms with van der Waals surface area (Å²) in [6.07, 6.45) is 0.929. The third kappa shape index (κ3) is 2.44. The molecular formula is C15H18N4O. The van der Waals surface area contributed by atoms with Crippen molar-refractivity contribution < 1.29 is 4.79 Å². The van der Waals surface area contributed by atoms with Gasteiger partial charge in [-0.05, 0) is 24.1 Å². The van der Waals surface area contributed by atoms with E-state index in [1.54, 1.807) is 0 Å². The maximum absolute atomic E-state index is 11.7. The normalized spacial score (nSPS) is 16.1. The minimum atomic E-state index is 0.0479. The molecule has 1 fully saturated rings. The quantitative estimate of drug-likeness (QED) is 0.854. The molecule has 0 radical (unpaired) electrons. The van der Waals surface area contributed by atoms with Crippen molar-refractivity contribution in [2.24, 2.45) is 5.73 Å². The first-order valence-corrected chi connectivity index (χ1v) is 6.88. The van der Waals surface area contributed by atoms with E-state index in [1.807, 2.05) is 35.2 Å². The van der Waals surface area contributed by atoms with Crippen LogP contribution < -0.4 is 16.0 Å². The van der Waals surface area contributed by atoms with E-state index in [-0.39, 0.29) is 5.91 Å². The molecule has 20 heavy (non-hydrogen) atoms. The molecule has 1 saturated heterocycles. The molecular weight excluding hydrogens is 252 g/mol. The van der Waals surface area contributed by atoms with Crippen LogP contribution >= 0.6 is 0 Å². The topological polar surface area (TPSA) is 71.2 Å². The number of anilines is 1. The second kappa shape index (κ2) is 5.46. The molecule has 0 unspecified atom stereocenters.